The molecular formula is C20H17ClN4O2. The van der Waals surface area contributed by atoms with Crippen LogP contribution in [0.4, 0.5) is 0 Å². The van der Waals surface area contributed by atoms with Crippen molar-refractivity contribution in [2.75, 3.05) is 0 Å². The van der Waals surface area contributed by atoms with Gasteiger partial charge in [0.1, 0.15) is 6.54 Å². The zero-order valence-electron chi connectivity index (χ0n) is 14.7. The predicted molar refractivity (Wildman–Crippen MR) is 103 cm³/mol. The molecule has 0 unspecified atom stereocenters. The summed E-state index contributed by atoms with van der Waals surface area (Å²) in [5.74, 6) is 0.996. The largest absolute Gasteiger partial charge is 0.337 e. The van der Waals surface area contributed by atoms with Crippen LogP contribution in [0.5, 0.6) is 0 Å². The van der Waals surface area contributed by atoms with Crippen LogP contribution in [0, 0.1) is 6.92 Å². The van der Waals surface area contributed by atoms with E-state index in [0.29, 0.717) is 34.1 Å². The van der Waals surface area contributed by atoms with Crippen LogP contribution in [0.1, 0.15) is 22.8 Å². The summed E-state index contributed by atoms with van der Waals surface area (Å²) in [5, 5.41) is 5.33. The monoisotopic (exact) mass is 380 g/mol. The van der Waals surface area contributed by atoms with Crippen LogP contribution < -0.4 is 5.56 Å². The molecule has 0 N–H and O–H groups in total. The third-order valence-electron chi connectivity index (χ3n) is 4.43. The van der Waals surface area contributed by atoms with E-state index in [-0.39, 0.29) is 12.1 Å². The van der Waals surface area contributed by atoms with E-state index in [9.17, 15) is 4.79 Å². The van der Waals surface area contributed by atoms with Gasteiger partial charge in [-0.15, -0.1) is 0 Å². The van der Waals surface area contributed by atoms with Crippen molar-refractivity contribution in [1.82, 2.24) is 19.7 Å². The zero-order chi connectivity index (χ0) is 18.8. The highest BCUT2D eigenvalue weighted by atomic mass is 35.5. The maximum absolute atomic E-state index is 12.7. The number of aryl methyl sites for hydroxylation is 3. The molecule has 0 atom stereocenters. The summed E-state index contributed by atoms with van der Waals surface area (Å²) in [6, 6.07) is 13.3. The van der Waals surface area contributed by atoms with Crippen molar-refractivity contribution in [1.29, 1.82) is 0 Å². The number of aromatic nitrogens is 4. The second kappa shape index (κ2) is 7.32. The van der Waals surface area contributed by atoms with Gasteiger partial charge in [-0.1, -0.05) is 41.0 Å². The Bertz CT molecular complexity index is 1150. The van der Waals surface area contributed by atoms with Crippen LogP contribution in [0.25, 0.3) is 10.9 Å². The average molecular weight is 381 g/mol. The van der Waals surface area contributed by atoms with Crippen LogP contribution in [0.15, 0.2) is 58.1 Å². The molecule has 0 spiro atoms. The normalized spacial score (nSPS) is 11.2. The van der Waals surface area contributed by atoms with Crippen LogP contribution in [0.2, 0.25) is 5.02 Å². The fourth-order valence-electron chi connectivity index (χ4n) is 2.99. The number of hydrogen-bond acceptors (Lipinski definition) is 5. The Morgan fingerprint density at radius 3 is 2.74 bits per heavy atom. The maximum Gasteiger partial charge on any atom is 0.261 e. The number of hydrogen-bond donors (Lipinski definition) is 0. The van der Waals surface area contributed by atoms with Gasteiger partial charge in [-0.2, -0.15) is 4.98 Å². The van der Waals surface area contributed by atoms with Crippen molar-refractivity contribution in [2.24, 2.45) is 0 Å². The van der Waals surface area contributed by atoms with Gasteiger partial charge in [0.05, 0.1) is 17.2 Å². The second-order valence-electron chi connectivity index (χ2n) is 6.38. The highest BCUT2D eigenvalue weighted by molar-refractivity contribution is 6.30. The van der Waals surface area contributed by atoms with Gasteiger partial charge in [-0.25, -0.2) is 4.98 Å². The topological polar surface area (TPSA) is 73.8 Å². The first-order valence-electron chi connectivity index (χ1n) is 8.61. The smallest absolute Gasteiger partial charge is 0.261 e. The molecule has 0 aliphatic carbocycles. The molecule has 27 heavy (non-hydrogen) atoms. The summed E-state index contributed by atoms with van der Waals surface area (Å²) in [5.41, 5.74) is 2.62. The van der Waals surface area contributed by atoms with Crippen molar-refractivity contribution in [3.63, 3.8) is 0 Å². The van der Waals surface area contributed by atoms with Gasteiger partial charge < -0.3 is 4.52 Å². The van der Waals surface area contributed by atoms with E-state index in [2.05, 4.69) is 15.1 Å². The summed E-state index contributed by atoms with van der Waals surface area (Å²) in [4.78, 5) is 21.5. The molecule has 136 valence electrons. The van der Waals surface area contributed by atoms with Gasteiger partial charge in [0, 0.05) is 11.4 Å². The molecule has 0 radical (unpaired) electrons. The SMILES string of the molecule is Cc1cccc2ncn(Cc3nc(CCc4ccc(Cl)cc4)no3)c(=O)c12. The molecule has 2 aromatic carbocycles. The van der Waals surface area contributed by atoms with Crippen molar-refractivity contribution < 1.29 is 4.52 Å². The van der Waals surface area contributed by atoms with E-state index in [1.807, 2.05) is 49.4 Å². The number of rotatable bonds is 5. The summed E-state index contributed by atoms with van der Waals surface area (Å²) in [7, 11) is 0. The molecule has 0 aliphatic rings. The lowest BCUT2D eigenvalue weighted by molar-refractivity contribution is 0.364. The molecule has 2 heterocycles. The first-order valence-corrected chi connectivity index (χ1v) is 8.98. The van der Waals surface area contributed by atoms with Crippen molar-refractivity contribution in [2.45, 2.75) is 26.3 Å². The molecule has 6 nitrogen and oxygen atoms in total. The van der Waals surface area contributed by atoms with Gasteiger partial charge >= 0.3 is 0 Å². The minimum Gasteiger partial charge on any atom is -0.337 e. The van der Waals surface area contributed by atoms with Gasteiger partial charge in [-0.3, -0.25) is 9.36 Å². The van der Waals surface area contributed by atoms with Gasteiger partial charge in [0.15, 0.2) is 5.82 Å². The van der Waals surface area contributed by atoms with Gasteiger partial charge in [-0.05, 0) is 42.7 Å². The van der Waals surface area contributed by atoms with Crippen molar-refractivity contribution in [3.8, 4) is 0 Å². The predicted octanol–water partition coefficient (Wildman–Crippen LogP) is 3.57. The minimum atomic E-state index is -0.112. The Labute approximate surface area is 160 Å². The molecule has 0 bridgehead atoms. The lowest BCUT2D eigenvalue weighted by Crippen LogP contribution is -2.22. The Hall–Kier alpha value is -2.99. The fourth-order valence-corrected chi connectivity index (χ4v) is 3.11. The lowest BCUT2D eigenvalue weighted by Gasteiger charge is -2.05. The summed E-state index contributed by atoms with van der Waals surface area (Å²) >= 11 is 5.90. The standard InChI is InChI=1S/C20H17ClN4O2/c1-13-3-2-4-16-19(13)20(26)25(12-22-16)11-18-23-17(24-27-18)10-7-14-5-8-15(21)9-6-14/h2-6,8-9,12H,7,10-11H2,1H3. The van der Waals surface area contributed by atoms with Gasteiger partial charge in [0.2, 0.25) is 5.89 Å². The Morgan fingerprint density at radius 2 is 1.93 bits per heavy atom. The highest BCUT2D eigenvalue weighted by Gasteiger charge is 2.11. The molecule has 2 aromatic heterocycles. The van der Waals surface area contributed by atoms with Crippen LogP contribution in [0.3, 0.4) is 0 Å². The summed E-state index contributed by atoms with van der Waals surface area (Å²) in [6.45, 7) is 2.10. The van der Waals surface area contributed by atoms with E-state index in [1.165, 1.54) is 10.9 Å². The number of fused-ring (bicyclic) bond motifs is 1. The average Bonchev–Trinajstić information content (AvgIpc) is 3.11. The molecule has 7 heteroatoms. The van der Waals surface area contributed by atoms with E-state index in [1.54, 1.807) is 0 Å². The third-order valence-corrected chi connectivity index (χ3v) is 4.68. The van der Waals surface area contributed by atoms with Gasteiger partial charge in [0.25, 0.3) is 5.56 Å². The third kappa shape index (κ3) is 3.75. The highest BCUT2D eigenvalue weighted by Crippen LogP contribution is 2.13. The Kier molecular flexibility index (Phi) is 4.73. The van der Waals surface area contributed by atoms with E-state index in [0.717, 1.165) is 17.5 Å². The fraction of sp³-hybridized carbons (Fsp3) is 0.200. The minimum absolute atomic E-state index is 0.112. The molecule has 4 rings (SSSR count). The van der Waals surface area contributed by atoms with Crippen LogP contribution >= 0.6 is 11.6 Å². The quantitative estimate of drug-likeness (QED) is 0.529. The molecule has 0 saturated heterocycles. The molecule has 0 amide bonds. The molecule has 0 aliphatic heterocycles. The van der Waals surface area contributed by atoms with Crippen LogP contribution in [-0.4, -0.2) is 19.7 Å². The molecule has 4 aromatic rings. The number of nitrogens with zero attached hydrogens (tertiary/aromatic N) is 4. The molecule has 0 fully saturated rings. The number of benzene rings is 2. The Balaban J connectivity index is 1.50. The summed E-state index contributed by atoms with van der Waals surface area (Å²) < 4.78 is 6.80. The maximum atomic E-state index is 12.7. The molecule has 0 saturated carbocycles. The molecular weight excluding hydrogens is 364 g/mol. The van der Waals surface area contributed by atoms with Crippen LogP contribution in [-0.2, 0) is 19.4 Å². The van der Waals surface area contributed by atoms with E-state index >= 15 is 0 Å². The number of halogens is 1. The van der Waals surface area contributed by atoms with Crippen molar-refractivity contribution in [3.05, 3.63) is 87.0 Å². The van der Waals surface area contributed by atoms with E-state index < -0.39 is 0 Å². The van der Waals surface area contributed by atoms with E-state index in [4.69, 9.17) is 16.1 Å². The summed E-state index contributed by atoms with van der Waals surface area (Å²) in [6.07, 6.45) is 2.95. The zero-order valence-corrected chi connectivity index (χ0v) is 15.5. The van der Waals surface area contributed by atoms with Crippen molar-refractivity contribution >= 4 is 22.5 Å². The lowest BCUT2D eigenvalue weighted by atomic mass is 10.1. The Morgan fingerprint density at radius 1 is 1.11 bits per heavy atom. The first kappa shape index (κ1) is 17.4. The second-order valence-corrected chi connectivity index (χ2v) is 6.81. The first-order chi connectivity index (χ1) is 13.1.